The van der Waals surface area contributed by atoms with Crippen LogP contribution in [0.3, 0.4) is 0 Å². The maximum absolute atomic E-state index is 12.8. The Labute approximate surface area is 207 Å². The van der Waals surface area contributed by atoms with Gasteiger partial charge in [0.15, 0.2) is 0 Å². The summed E-state index contributed by atoms with van der Waals surface area (Å²) in [7, 11) is 1.55. The Morgan fingerprint density at radius 3 is 2.53 bits per heavy atom. The number of nitrogens with one attached hydrogen (secondary N) is 2. The number of aliphatic hydroxyl groups excluding tert-OH is 1. The van der Waals surface area contributed by atoms with Crippen LogP contribution in [-0.2, 0) is 4.74 Å². The Kier molecular flexibility index (Phi) is 7.53. The SMILES string of the molecule is CCOC(=O)N1CCC(NC(=O)c2ccc3nc(C=C(O)c4ccc(OC)cc4)c(=O)[nH]c3c2)CC1. The number of methoxy groups -OCH3 is 1. The highest BCUT2D eigenvalue weighted by Gasteiger charge is 2.25. The summed E-state index contributed by atoms with van der Waals surface area (Å²) in [5.74, 6) is 0.267. The molecule has 0 atom stereocenters. The number of rotatable bonds is 6. The minimum absolute atomic E-state index is 0.0429. The lowest BCUT2D eigenvalue weighted by Crippen LogP contribution is -2.46. The summed E-state index contributed by atoms with van der Waals surface area (Å²) >= 11 is 0. The van der Waals surface area contributed by atoms with Crippen LogP contribution in [0, 0.1) is 0 Å². The number of aliphatic hydroxyl groups is 1. The molecule has 0 saturated carbocycles. The molecule has 1 fully saturated rings. The summed E-state index contributed by atoms with van der Waals surface area (Å²) in [6.45, 7) is 3.12. The molecule has 10 heteroatoms. The van der Waals surface area contributed by atoms with Crippen LogP contribution in [-0.4, -0.2) is 64.8 Å². The van der Waals surface area contributed by atoms with Crippen LogP contribution in [0.4, 0.5) is 4.79 Å². The van der Waals surface area contributed by atoms with Gasteiger partial charge in [-0.15, -0.1) is 0 Å². The van der Waals surface area contributed by atoms with Crippen molar-refractivity contribution in [2.45, 2.75) is 25.8 Å². The van der Waals surface area contributed by atoms with Crippen molar-refractivity contribution >= 4 is 34.9 Å². The van der Waals surface area contributed by atoms with Gasteiger partial charge in [0.05, 0.1) is 24.8 Å². The van der Waals surface area contributed by atoms with Crippen LogP contribution in [0.2, 0.25) is 0 Å². The van der Waals surface area contributed by atoms with Crippen LogP contribution in [0.25, 0.3) is 22.9 Å². The summed E-state index contributed by atoms with van der Waals surface area (Å²) in [6, 6.07) is 11.5. The van der Waals surface area contributed by atoms with E-state index in [0.29, 0.717) is 60.4 Å². The average molecular weight is 493 g/mol. The third kappa shape index (κ3) is 5.65. The monoisotopic (exact) mass is 492 g/mol. The van der Waals surface area contributed by atoms with Crippen molar-refractivity contribution in [1.82, 2.24) is 20.2 Å². The van der Waals surface area contributed by atoms with E-state index >= 15 is 0 Å². The Balaban J connectivity index is 1.45. The molecule has 188 valence electrons. The summed E-state index contributed by atoms with van der Waals surface area (Å²) in [5.41, 5.74) is 1.33. The van der Waals surface area contributed by atoms with Crippen LogP contribution in [0.15, 0.2) is 47.3 Å². The highest BCUT2D eigenvalue weighted by Crippen LogP contribution is 2.19. The molecular formula is C26H28N4O6. The fourth-order valence-electron chi connectivity index (χ4n) is 4.00. The second-order valence-electron chi connectivity index (χ2n) is 8.37. The molecule has 2 aromatic carbocycles. The maximum Gasteiger partial charge on any atom is 0.409 e. The Morgan fingerprint density at radius 1 is 1.17 bits per heavy atom. The molecule has 3 N–H and O–H groups in total. The van der Waals surface area contributed by atoms with Gasteiger partial charge in [-0.25, -0.2) is 9.78 Å². The lowest BCUT2D eigenvalue weighted by molar-refractivity contribution is 0.0860. The molecule has 3 aromatic rings. The van der Waals surface area contributed by atoms with Crippen LogP contribution >= 0.6 is 0 Å². The van der Waals surface area contributed by atoms with E-state index in [1.54, 1.807) is 61.4 Å². The number of amides is 2. The lowest BCUT2D eigenvalue weighted by Gasteiger charge is -2.31. The summed E-state index contributed by atoms with van der Waals surface area (Å²) in [4.78, 5) is 45.9. The molecule has 1 saturated heterocycles. The zero-order valence-electron chi connectivity index (χ0n) is 20.1. The summed E-state index contributed by atoms with van der Waals surface area (Å²) in [6.07, 6.45) is 2.22. The first-order valence-corrected chi connectivity index (χ1v) is 11.7. The van der Waals surface area contributed by atoms with Crippen LogP contribution in [0.5, 0.6) is 5.75 Å². The third-order valence-electron chi connectivity index (χ3n) is 6.00. The van der Waals surface area contributed by atoms with Gasteiger partial charge in [0, 0.05) is 36.3 Å². The van der Waals surface area contributed by atoms with Gasteiger partial charge in [0.2, 0.25) is 0 Å². The Bertz CT molecular complexity index is 1340. The standard InChI is InChI=1S/C26H28N4O6/c1-3-36-26(34)30-12-10-18(11-13-30)27-24(32)17-6-9-20-21(14-17)29-25(33)22(28-20)15-23(31)16-4-7-19(35-2)8-5-16/h4-9,14-15,18,31H,3,10-13H2,1-2H3,(H,27,32)(H,29,33). The van der Waals surface area contributed by atoms with Gasteiger partial charge in [-0.05, 0) is 62.2 Å². The number of ether oxygens (including phenoxy) is 2. The molecule has 0 bridgehead atoms. The van der Waals surface area contributed by atoms with E-state index in [4.69, 9.17) is 9.47 Å². The van der Waals surface area contributed by atoms with Crippen molar-refractivity contribution in [3.05, 3.63) is 69.6 Å². The lowest BCUT2D eigenvalue weighted by atomic mass is 10.0. The van der Waals surface area contributed by atoms with Crippen molar-refractivity contribution in [3.8, 4) is 5.75 Å². The quantitative estimate of drug-likeness (QED) is 0.449. The van der Waals surface area contributed by atoms with E-state index in [9.17, 15) is 19.5 Å². The number of hydrogen-bond acceptors (Lipinski definition) is 7. The van der Waals surface area contributed by atoms with Crippen molar-refractivity contribution < 1.29 is 24.2 Å². The normalized spacial score (nSPS) is 14.5. The number of fused-ring (bicyclic) bond motifs is 1. The fraction of sp³-hybridized carbons (Fsp3) is 0.308. The van der Waals surface area contributed by atoms with Gasteiger partial charge in [0.25, 0.3) is 11.5 Å². The van der Waals surface area contributed by atoms with Gasteiger partial charge in [-0.3, -0.25) is 9.59 Å². The molecule has 0 radical (unpaired) electrons. The molecule has 1 aromatic heterocycles. The first-order valence-electron chi connectivity index (χ1n) is 11.7. The highest BCUT2D eigenvalue weighted by molar-refractivity contribution is 5.97. The zero-order valence-corrected chi connectivity index (χ0v) is 20.1. The number of H-pyrrole nitrogens is 1. The van der Waals surface area contributed by atoms with E-state index < -0.39 is 5.56 Å². The summed E-state index contributed by atoms with van der Waals surface area (Å²) < 4.78 is 10.1. The molecule has 36 heavy (non-hydrogen) atoms. The number of benzene rings is 2. The molecule has 1 aliphatic rings. The Morgan fingerprint density at radius 2 is 1.86 bits per heavy atom. The second kappa shape index (κ2) is 10.9. The van der Waals surface area contributed by atoms with Gasteiger partial charge >= 0.3 is 6.09 Å². The minimum Gasteiger partial charge on any atom is -0.507 e. The third-order valence-corrected chi connectivity index (χ3v) is 6.00. The number of nitrogens with zero attached hydrogens (tertiary/aromatic N) is 2. The first kappa shape index (κ1) is 24.8. The van der Waals surface area contributed by atoms with Crippen molar-refractivity contribution in [2.75, 3.05) is 26.8 Å². The van der Waals surface area contributed by atoms with Gasteiger partial charge in [0.1, 0.15) is 17.2 Å². The zero-order chi connectivity index (χ0) is 25.7. The maximum atomic E-state index is 12.8. The Hall–Kier alpha value is -4.34. The minimum atomic E-state index is -0.494. The van der Waals surface area contributed by atoms with E-state index in [2.05, 4.69) is 15.3 Å². The average Bonchev–Trinajstić information content (AvgIpc) is 2.89. The van der Waals surface area contributed by atoms with E-state index in [-0.39, 0.29) is 29.5 Å². The highest BCUT2D eigenvalue weighted by atomic mass is 16.6. The van der Waals surface area contributed by atoms with Gasteiger partial charge in [-0.2, -0.15) is 0 Å². The van der Waals surface area contributed by atoms with E-state index in [1.165, 1.54) is 6.08 Å². The van der Waals surface area contributed by atoms with Crippen molar-refractivity contribution in [1.29, 1.82) is 0 Å². The van der Waals surface area contributed by atoms with E-state index in [0.717, 1.165) is 0 Å². The van der Waals surface area contributed by atoms with Crippen molar-refractivity contribution in [2.24, 2.45) is 0 Å². The molecular weight excluding hydrogens is 464 g/mol. The molecule has 1 aliphatic heterocycles. The van der Waals surface area contributed by atoms with Crippen LogP contribution in [0.1, 0.15) is 41.4 Å². The predicted molar refractivity (Wildman–Crippen MR) is 135 cm³/mol. The second-order valence-corrected chi connectivity index (χ2v) is 8.37. The fourth-order valence-corrected chi connectivity index (χ4v) is 4.00. The molecule has 0 unspecified atom stereocenters. The van der Waals surface area contributed by atoms with Gasteiger partial charge < -0.3 is 29.8 Å². The number of piperidine rings is 1. The number of aromatic amines is 1. The number of carbonyl (C=O) groups is 2. The molecule has 2 amide bonds. The van der Waals surface area contributed by atoms with Gasteiger partial charge in [-0.1, -0.05) is 0 Å². The van der Waals surface area contributed by atoms with Crippen molar-refractivity contribution in [3.63, 3.8) is 0 Å². The number of carbonyl (C=O) groups excluding carboxylic acids is 2. The topological polar surface area (TPSA) is 134 Å². The first-order chi connectivity index (χ1) is 17.4. The number of hydrogen-bond donors (Lipinski definition) is 3. The number of aromatic nitrogens is 2. The molecule has 4 rings (SSSR count). The largest absolute Gasteiger partial charge is 0.507 e. The van der Waals surface area contributed by atoms with E-state index in [1.807, 2.05) is 0 Å². The number of likely N-dealkylation sites (tertiary alicyclic amines) is 1. The smallest absolute Gasteiger partial charge is 0.409 e. The molecule has 0 aliphatic carbocycles. The molecule has 2 heterocycles. The predicted octanol–water partition coefficient (Wildman–Crippen LogP) is 3.34. The molecule has 10 nitrogen and oxygen atoms in total. The summed E-state index contributed by atoms with van der Waals surface area (Å²) in [5, 5.41) is 13.4. The molecule has 0 spiro atoms. The van der Waals surface area contributed by atoms with Crippen LogP contribution < -0.4 is 15.6 Å².